The third-order valence-electron chi connectivity index (χ3n) is 2.82. The van der Waals surface area contributed by atoms with E-state index >= 15 is 0 Å². The lowest BCUT2D eigenvalue weighted by Gasteiger charge is -2.26. The van der Waals surface area contributed by atoms with E-state index in [9.17, 15) is 9.59 Å². The highest BCUT2D eigenvalue weighted by Crippen LogP contribution is 2.07. The largest absolute Gasteiger partial charge is 0.379 e. The summed E-state index contributed by atoms with van der Waals surface area (Å²) in [5, 5.41) is 1.81. The molecule has 8 heteroatoms. The molecule has 20 heavy (non-hydrogen) atoms. The van der Waals surface area contributed by atoms with E-state index in [1.54, 1.807) is 12.1 Å². The topological polar surface area (TPSA) is 70.7 Å². The molecule has 1 aliphatic rings. The van der Waals surface area contributed by atoms with Crippen LogP contribution in [0.15, 0.2) is 17.5 Å². The van der Waals surface area contributed by atoms with E-state index in [1.165, 1.54) is 11.3 Å². The Labute approximate surface area is 127 Å². The number of nitrogens with one attached hydrogen (secondary N) is 2. The van der Waals surface area contributed by atoms with E-state index in [0.717, 1.165) is 26.3 Å². The Morgan fingerprint density at radius 2 is 2.05 bits per heavy atom. The van der Waals surface area contributed by atoms with Crippen molar-refractivity contribution in [3.63, 3.8) is 0 Å². The minimum Gasteiger partial charge on any atom is -0.379 e. The van der Waals surface area contributed by atoms with Crippen molar-refractivity contribution in [2.45, 2.75) is 6.42 Å². The minimum absolute atomic E-state index is 0. The first kappa shape index (κ1) is 16.9. The van der Waals surface area contributed by atoms with Crippen LogP contribution in [0.25, 0.3) is 0 Å². The van der Waals surface area contributed by atoms with Crippen LogP contribution in [0.5, 0.6) is 0 Å². The first-order chi connectivity index (χ1) is 9.25. The molecule has 0 aromatic carbocycles. The number of hydrogen-bond acceptors (Lipinski definition) is 5. The van der Waals surface area contributed by atoms with Gasteiger partial charge in [-0.05, 0) is 11.4 Å². The molecular weight excluding hydrogens is 302 g/mol. The second-order valence-electron chi connectivity index (χ2n) is 4.18. The average Bonchev–Trinajstić information content (AvgIpc) is 2.98. The lowest BCUT2D eigenvalue weighted by molar-refractivity contribution is -0.122. The normalized spacial score (nSPS) is 15.2. The Balaban J connectivity index is 0.00000200. The van der Waals surface area contributed by atoms with Crippen molar-refractivity contribution in [1.29, 1.82) is 0 Å². The number of amides is 2. The van der Waals surface area contributed by atoms with Gasteiger partial charge in [-0.3, -0.25) is 25.3 Å². The second kappa shape index (κ2) is 8.91. The summed E-state index contributed by atoms with van der Waals surface area (Å²) >= 11 is 1.33. The molecule has 0 spiro atoms. The number of halogens is 1. The van der Waals surface area contributed by atoms with Gasteiger partial charge in [-0.15, -0.1) is 23.7 Å². The molecule has 1 aromatic rings. The summed E-state index contributed by atoms with van der Waals surface area (Å²) in [5.74, 6) is -0.467. The maximum atomic E-state index is 11.6. The van der Waals surface area contributed by atoms with Crippen molar-refractivity contribution >= 4 is 35.6 Å². The molecule has 1 aliphatic heterocycles. The molecule has 1 aromatic heterocycles. The summed E-state index contributed by atoms with van der Waals surface area (Å²) in [7, 11) is 0. The number of hydrazine groups is 1. The summed E-state index contributed by atoms with van der Waals surface area (Å²) < 4.78 is 5.23. The van der Waals surface area contributed by atoms with Crippen LogP contribution in [0, 0.1) is 0 Å². The highest BCUT2D eigenvalue weighted by atomic mass is 35.5. The molecule has 0 aliphatic carbocycles. The highest BCUT2D eigenvalue weighted by molar-refractivity contribution is 7.12. The van der Waals surface area contributed by atoms with Crippen LogP contribution in [-0.2, 0) is 9.53 Å². The number of rotatable bonds is 4. The molecule has 2 rings (SSSR count). The lowest BCUT2D eigenvalue weighted by atomic mass is 10.3. The van der Waals surface area contributed by atoms with Crippen molar-refractivity contribution in [2.75, 3.05) is 32.8 Å². The van der Waals surface area contributed by atoms with Gasteiger partial charge in [-0.2, -0.15) is 0 Å². The van der Waals surface area contributed by atoms with Gasteiger partial charge < -0.3 is 4.74 Å². The Morgan fingerprint density at radius 3 is 2.70 bits per heavy atom. The molecule has 0 saturated carbocycles. The van der Waals surface area contributed by atoms with Gasteiger partial charge in [0, 0.05) is 26.1 Å². The molecule has 6 nitrogen and oxygen atoms in total. The minimum atomic E-state index is -0.283. The number of nitrogens with zero attached hydrogens (tertiary/aromatic N) is 1. The fourth-order valence-electron chi connectivity index (χ4n) is 1.74. The van der Waals surface area contributed by atoms with Crippen LogP contribution in [0.1, 0.15) is 16.1 Å². The fraction of sp³-hybridized carbons (Fsp3) is 0.500. The van der Waals surface area contributed by atoms with E-state index in [1.807, 2.05) is 5.38 Å². The summed E-state index contributed by atoms with van der Waals surface area (Å²) in [6, 6.07) is 3.50. The van der Waals surface area contributed by atoms with E-state index in [2.05, 4.69) is 15.8 Å². The summed E-state index contributed by atoms with van der Waals surface area (Å²) in [4.78, 5) is 25.9. The molecule has 0 bridgehead atoms. The van der Waals surface area contributed by atoms with Gasteiger partial charge in [0.15, 0.2) is 0 Å². The highest BCUT2D eigenvalue weighted by Gasteiger charge is 2.12. The molecule has 2 heterocycles. The van der Waals surface area contributed by atoms with Gasteiger partial charge in [0.25, 0.3) is 5.91 Å². The van der Waals surface area contributed by atoms with E-state index in [0.29, 0.717) is 17.8 Å². The first-order valence-corrected chi connectivity index (χ1v) is 7.06. The standard InChI is InChI=1S/C12H17N3O3S.ClH/c16-11(3-4-15-5-7-18-8-6-15)13-14-12(17)10-2-1-9-19-10;/h1-2,9H,3-8H2,(H,13,16)(H,14,17);1H. The zero-order valence-electron chi connectivity index (χ0n) is 11.0. The zero-order chi connectivity index (χ0) is 13.5. The predicted molar refractivity (Wildman–Crippen MR) is 79.1 cm³/mol. The third kappa shape index (κ3) is 5.46. The fourth-order valence-corrected chi connectivity index (χ4v) is 2.36. The molecule has 0 unspecified atom stereocenters. The molecule has 112 valence electrons. The Kier molecular flexibility index (Phi) is 7.53. The number of carbonyl (C=O) groups is 2. The Morgan fingerprint density at radius 1 is 1.30 bits per heavy atom. The van der Waals surface area contributed by atoms with E-state index < -0.39 is 0 Å². The predicted octanol–water partition coefficient (Wildman–Crippen LogP) is 0.653. The number of ether oxygens (including phenoxy) is 1. The molecule has 0 radical (unpaired) electrons. The van der Waals surface area contributed by atoms with Crippen molar-refractivity contribution < 1.29 is 14.3 Å². The van der Waals surface area contributed by atoms with Gasteiger partial charge in [-0.1, -0.05) is 6.07 Å². The van der Waals surface area contributed by atoms with Gasteiger partial charge in [0.05, 0.1) is 18.1 Å². The first-order valence-electron chi connectivity index (χ1n) is 6.18. The smallest absolute Gasteiger partial charge is 0.279 e. The van der Waals surface area contributed by atoms with Crippen molar-refractivity contribution in [1.82, 2.24) is 15.8 Å². The van der Waals surface area contributed by atoms with Crippen LogP contribution in [0.4, 0.5) is 0 Å². The van der Waals surface area contributed by atoms with Gasteiger partial charge in [0.1, 0.15) is 0 Å². The van der Waals surface area contributed by atoms with Crippen molar-refractivity contribution in [3.8, 4) is 0 Å². The van der Waals surface area contributed by atoms with Gasteiger partial charge in [-0.25, -0.2) is 0 Å². The molecule has 0 atom stereocenters. The van der Waals surface area contributed by atoms with Crippen LogP contribution in [0.3, 0.4) is 0 Å². The third-order valence-corrected chi connectivity index (χ3v) is 3.69. The monoisotopic (exact) mass is 319 g/mol. The number of carbonyl (C=O) groups excluding carboxylic acids is 2. The number of morpholine rings is 1. The summed E-state index contributed by atoms with van der Waals surface area (Å²) in [5.41, 5.74) is 4.82. The summed E-state index contributed by atoms with van der Waals surface area (Å²) in [6.45, 7) is 3.83. The molecule has 2 N–H and O–H groups in total. The van der Waals surface area contributed by atoms with Crippen LogP contribution in [-0.4, -0.2) is 49.6 Å². The van der Waals surface area contributed by atoms with Crippen LogP contribution in [0.2, 0.25) is 0 Å². The number of thiophene rings is 1. The van der Waals surface area contributed by atoms with Crippen LogP contribution >= 0.6 is 23.7 Å². The van der Waals surface area contributed by atoms with Crippen molar-refractivity contribution in [3.05, 3.63) is 22.4 Å². The Hall–Kier alpha value is -1.15. The molecule has 1 fully saturated rings. The zero-order valence-corrected chi connectivity index (χ0v) is 12.6. The number of hydrogen-bond donors (Lipinski definition) is 2. The SMILES string of the molecule is Cl.O=C(CCN1CCOCC1)NNC(=O)c1cccs1. The van der Waals surface area contributed by atoms with E-state index in [4.69, 9.17) is 4.74 Å². The average molecular weight is 320 g/mol. The Bertz CT molecular complexity index is 422. The maximum absolute atomic E-state index is 11.6. The summed E-state index contributed by atoms with van der Waals surface area (Å²) in [6.07, 6.45) is 0.366. The molecular formula is C12H18ClN3O3S. The quantitative estimate of drug-likeness (QED) is 0.800. The van der Waals surface area contributed by atoms with Crippen molar-refractivity contribution in [2.24, 2.45) is 0 Å². The molecule has 1 saturated heterocycles. The van der Waals surface area contributed by atoms with Gasteiger partial charge >= 0.3 is 0 Å². The maximum Gasteiger partial charge on any atom is 0.279 e. The van der Waals surface area contributed by atoms with Crippen LogP contribution < -0.4 is 10.9 Å². The van der Waals surface area contributed by atoms with Gasteiger partial charge in [0.2, 0.25) is 5.91 Å². The second-order valence-corrected chi connectivity index (χ2v) is 5.13. The lowest BCUT2D eigenvalue weighted by Crippen LogP contribution is -2.43. The molecule has 2 amide bonds. The van der Waals surface area contributed by atoms with E-state index in [-0.39, 0.29) is 24.2 Å².